The van der Waals surface area contributed by atoms with Gasteiger partial charge < -0.3 is 5.32 Å². The molecule has 1 heterocycles. The van der Waals surface area contributed by atoms with Crippen LogP contribution in [0.4, 0.5) is 0 Å². The summed E-state index contributed by atoms with van der Waals surface area (Å²) in [5, 5.41) is 3.65. The van der Waals surface area contributed by atoms with Gasteiger partial charge in [0, 0.05) is 12.5 Å². The minimum absolute atomic E-state index is 0.530. The van der Waals surface area contributed by atoms with Crippen LogP contribution in [0.1, 0.15) is 57.9 Å². The fourth-order valence-corrected chi connectivity index (χ4v) is 4.92. The predicted molar refractivity (Wildman–Crippen MR) is 85.9 cm³/mol. The van der Waals surface area contributed by atoms with Crippen LogP contribution in [0.15, 0.2) is 30.3 Å². The molecule has 1 nitrogen and oxygen atoms in total. The molecule has 0 bridgehead atoms. The van der Waals surface area contributed by atoms with E-state index in [1.807, 2.05) is 0 Å². The lowest BCUT2D eigenvalue weighted by Crippen LogP contribution is -2.50. The SMILES string of the molecule is CC1CC(C)(C)CCC12CCNCC2c1ccccc1. The van der Waals surface area contributed by atoms with E-state index in [2.05, 4.69) is 56.4 Å². The van der Waals surface area contributed by atoms with E-state index in [1.54, 1.807) is 5.56 Å². The summed E-state index contributed by atoms with van der Waals surface area (Å²) in [6.45, 7) is 9.79. The summed E-state index contributed by atoms with van der Waals surface area (Å²) in [4.78, 5) is 0. The third-order valence-electron chi connectivity index (χ3n) is 6.12. The summed E-state index contributed by atoms with van der Waals surface area (Å²) < 4.78 is 0. The van der Waals surface area contributed by atoms with E-state index < -0.39 is 0 Å². The molecule has 1 aliphatic carbocycles. The Balaban J connectivity index is 1.93. The van der Waals surface area contributed by atoms with Crippen LogP contribution in [0, 0.1) is 16.7 Å². The predicted octanol–water partition coefficient (Wildman–Crippen LogP) is 4.60. The van der Waals surface area contributed by atoms with Gasteiger partial charge in [-0.2, -0.15) is 0 Å². The summed E-state index contributed by atoms with van der Waals surface area (Å²) >= 11 is 0. The first-order valence-electron chi connectivity index (χ1n) is 8.29. The number of benzene rings is 1. The van der Waals surface area contributed by atoms with Crippen molar-refractivity contribution in [2.75, 3.05) is 13.1 Å². The van der Waals surface area contributed by atoms with Crippen molar-refractivity contribution in [3.63, 3.8) is 0 Å². The molecule has 1 aromatic carbocycles. The van der Waals surface area contributed by atoms with Crippen molar-refractivity contribution in [3.8, 4) is 0 Å². The van der Waals surface area contributed by atoms with Crippen LogP contribution in [0.25, 0.3) is 0 Å². The lowest BCUT2D eigenvalue weighted by molar-refractivity contribution is -0.00701. The van der Waals surface area contributed by atoms with Crippen LogP contribution in [0.2, 0.25) is 0 Å². The molecule has 0 radical (unpaired) electrons. The highest BCUT2D eigenvalue weighted by molar-refractivity contribution is 5.25. The Morgan fingerprint density at radius 2 is 1.80 bits per heavy atom. The topological polar surface area (TPSA) is 12.0 Å². The van der Waals surface area contributed by atoms with Crippen LogP contribution < -0.4 is 5.32 Å². The molecule has 1 heteroatoms. The van der Waals surface area contributed by atoms with Gasteiger partial charge in [0.05, 0.1) is 0 Å². The van der Waals surface area contributed by atoms with Gasteiger partial charge in [-0.25, -0.2) is 0 Å². The van der Waals surface area contributed by atoms with E-state index >= 15 is 0 Å². The monoisotopic (exact) mass is 271 g/mol. The molecule has 1 saturated carbocycles. The summed E-state index contributed by atoms with van der Waals surface area (Å²) in [5.74, 6) is 1.53. The van der Waals surface area contributed by atoms with E-state index in [4.69, 9.17) is 0 Å². The van der Waals surface area contributed by atoms with E-state index in [1.165, 1.54) is 32.2 Å². The van der Waals surface area contributed by atoms with Crippen molar-refractivity contribution in [1.82, 2.24) is 5.32 Å². The first-order chi connectivity index (χ1) is 9.54. The lowest BCUT2D eigenvalue weighted by Gasteiger charge is -2.55. The first kappa shape index (κ1) is 14.1. The fourth-order valence-electron chi connectivity index (χ4n) is 4.92. The smallest absolute Gasteiger partial charge is 0.00256 e. The molecule has 0 amide bonds. The lowest BCUT2D eigenvalue weighted by atomic mass is 9.52. The molecule has 3 atom stereocenters. The zero-order valence-electron chi connectivity index (χ0n) is 13.3. The van der Waals surface area contributed by atoms with E-state index in [-0.39, 0.29) is 0 Å². The van der Waals surface area contributed by atoms with Crippen molar-refractivity contribution in [2.24, 2.45) is 16.7 Å². The highest BCUT2D eigenvalue weighted by atomic mass is 14.9. The van der Waals surface area contributed by atoms with Gasteiger partial charge in [-0.05, 0) is 54.5 Å². The Hall–Kier alpha value is -0.820. The molecule has 3 rings (SSSR count). The molecule has 2 fully saturated rings. The van der Waals surface area contributed by atoms with Gasteiger partial charge >= 0.3 is 0 Å². The van der Waals surface area contributed by atoms with Crippen molar-refractivity contribution in [3.05, 3.63) is 35.9 Å². The van der Waals surface area contributed by atoms with Gasteiger partial charge in [0.25, 0.3) is 0 Å². The Bertz CT molecular complexity index is 450. The van der Waals surface area contributed by atoms with Gasteiger partial charge in [0.2, 0.25) is 0 Å². The Kier molecular flexibility index (Phi) is 3.66. The standard InChI is InChI=1S/C19H29N/c1-15-13-18(2,3)9-10-19(15)11-12-20-14-17(19)16-7-5-4-6-8-16/h4-8,15,17,20H,9-14H2,1-3H3. The van der Waals surface area contributed by atoms with Gasteiger partial charge in [-0.3, -0.25) is 0 Å². The van der Waals surface area contributed by atoms with Crippen molar-refractivity contribution >= 4 is 0 Å². The summed E-state index contributed by atoms with van der Waals surface area (Å²) in [6.07, 6.45) is 5.53. The minimum Gasteiger partial charge on any atom is -0.316 e. The molecule has 0 aromatic heterocycles. The van der Waals surface area contributed by atoms with Gasteiger partial charge in [0.15, 0.2) is 0 Å². The average molecular weight is 271 g/mol. The summed E-state index contributed by atoms with van der Waals surface area (Å²) in [7, 11) is 0. The molecule has 1 spiro atoms. The molecular formula is C19H29N. The molecule has 2 aliphatic rings. The van der Waals surface area contributed by atoms with Gasteiger partial charge in [-0.15, -0.1) is 0 Å². The second-order valence-corrected chi connectivity index (χ2v) is 7.92. The highest BCUT2D eigenvalue weighted by Crippen LogP contribution is 2.57. The minimum atomic E-state index is 0.530. The Morgan fingerprint density at radius 1 is 1.05 bits per heavy atom. The molecule has 20 heavy (non-hydrogen) atoms. The largest absolute Gasteiger partial charge is 0.316 e. The maximum Gasteiger partial charge on any atom is 0.00256 e. The second kappa shape index (κ2) is 5.18. The fraction of sp³-hybridized carbons (Fsp3) is 0.684. The maximum atomic E-state index is 3.65. The van der Waals surface area contributed by atoms with Crippen LogP contribution in [0.5, 0.6) is 0 Å². The summed E-state index contributed by atoms with van der Waals surface area (Å²) in [5.41, 5.74) is 2.62. The number of hydrogen-bond donors (Lipinski definition) is 1. The molecule has 1 N–H and O–H groups in total. The maximum absolute atomic E-state index is 3.65. The molecule has 1 saturated heterocycles. The molecule has 110 valence electrons. The first-order valence-corrected chi connectivity index (χ1v) is 8.29. The Morgan fingerprint density at radius 3 is 2.50 bits per heavy atom. The zero-order chi connectivity index (χ0) is 14.2. The molecule has 1 aromatic rings. The van der Waals surface area contributed by atoms with Gasteiger partial charge in [-0.1, -0.05) is 51.1 Å². The van der Waals surface area contributed by atoms with Crippen molar-refractivity contribution in [2.45, 2.75) is 52.4 Å². The van der Waals surface area contributed by atoms with Crippen LogP contribution in [0.3, 0.4) is 0 Å². The molecule has 1 aliphatic heterocycles. The average Bonchev–Trinajstić information content (AvgIpc) is 2.45. The van der Waals surface area contributed by atoms with Crippen LogP contribution in [-0.4, -0.2) is 13.1 Å². The van der Waals surface area contributed by atoms with E-state index in [9.17, 15) is 0 Å². The number of rotatable bonds is 1. The van der Waals surface area contributed by atoms with Crippen molar-refractivity contribution in [1.29, 1.82) is 0 Å². The van der Waals surface area contributed by atoms with E-state index in [0.717, 1.165) is 12.5 Å². The quantitative estimate of drug-likeness (QED) is 0.787. The highest BCUT2D eigenvalue weighted by Gasteiger charge is 2.49. The Labute approximate surface area is 124 Å². The number of hydrogen-bond acceptors (Lipinski definition) is 1. The third-order valence-corrected chi connectivity index (χ3v) is 6.12. The summed E-state index contributed by atoms with van der Waals surface area (Å²) in [6, 6.07) is 11.2. The van der Waals surface area contributed by atoms with Crippen LogP contribution >= 0.6 is 0 Å². The number of nitrogens with one attached hydrogen (secondary N) is 1. The zero-order valence-corrected chi connectivity index (χ0v) is 13.3. The van der Waals surface area contributed by atoms with Gasteiger partial charge in [0.1, 0.15) is 0 Å². The second-order valence-electron chi connectivity index (χ2n) is 7.92. The molecule has 3 unspecified atom stereocenters. The third kappa shape index (κ3) is 2.41. The van der Waals surface area contributed by atoms with Crippen LogP contribution in [-0.2, 0) is 0 Å². The van der Waals surface area contributed by atoms with E-state index in [0.29, 0.717) is 16.7 Å². The van der Waals surface area contributed by atoms with Crippen molar-refractivity contribution < 1.29 is 0 Å². The molecular weight excluding hydrogens is 242 g/mol. The normalized spacial score (nSPS) is 37.0. The number of piperidine rings is 1.